The van der Waals surface area contributed by atoms with Crippen LogP contribution in [0, 0.1) is 5.82 Å². The summed E-state index contributed by atoms with van der Waals surface area (Å²) in [4.78, 5) is 30.3. The molecular formula is C17H12ClFN4O2. The molecule has 2 aromatic carbocycles. The zero-order chi connectivity index (χ0) is 17.6. The fourth-order valence-corrected chi connectivity index (χ4v) is 3.04. The maximum Gasteiger partial charge on any atom is 0.364 e. The SMILES string of the molecule is O=C1N(c2cccc(Cl)c2)Cc2nc(=O)n(Cc3ccccc3F)n21. The first kappa shape index (κ1) is 15.6. The number of carbonyl (C=O) groups is 1. The minimum atomic E-state index is -0.586. The molecule has 126 valence electrons. The van der Waals surface area contributed by atoms with Gasteiger partial charge in [0.05, 0.1) is 13.1 Å². The molecule has 1 aliphatic heterocycles. The Morgan fingerprint density at radius 2 is 1.92 bits per heavy atom. The van der Waals surface area contributed by atoms with Gasteiger partial charge in [-0.25, -0.2) is 18.7 Å². The number of benzene rings is 2. The van der Waals surface area contributed by atoms with Crippen LogP contribution < -0.4 is 10.6 Å². The number of halogens is 2. The Morgan fingerprint density at radius 1 is 1.12 bits per heavy atom. The molecule has 8 heteroatoms. The molecule has 25 heavy (non-hydrogen) atoms. The van der Waals surface area contributed by atoms with E-state index in [-0.39, 0.29) is 13.1 Å². The summed E-state index contributed by atoms with van der Waals surface area (Å²) in [6, 6.07) is 12.5. The first-order valence-electron chi connectivity index (χ1n) is 7.54. The molecule has 0 radical (unpaired) electrons. The van der Waals surface area contributed by atoms with Crippen molar-refractivity contribution in [1.82, 2.24) is 14.3 Å². The Hall–Kier alpha value is -2.93. The van der Waals surface area contributed by atoms with Gasteiger partial charge in [0, 0.05) is 16.3 Å². The van der Waals surface area contributed by atoms with Crippen molar-refractivity contribution >= 4 is 23.3 Å². The van der Waals surface area contributed by atoms with Crippen LogP contribution in [-0.2, 0) is 13.1 Å². The van der Waals surface area contributed by atoms with Crippen molar-refractivity contribution in [2.75, 3.05) is 4.90 Å². The van der Waals surface area contributed by atoms with Crippen molar-refractivity contribution < 1.29 is 9.18 Å². The number of nitrogens with zero attached hydrogens (tertiary/aromatic N) is 4. The standard InChI is InChI=1S/C17H12ClFN4O2/c18-12-5-3-6-13(8-12)21-10-15-20-16(24)22(23(15)17(21)25)9-11-4-1-2-7-14(11)19/h1-8H,9-10H2. The van der Waals surface area contributed by atoms with E-state index in [1.54, 1.807) is 42.5 Å². The third-order valence-electron chi connectivity index (χ3n) is 4.04. The van der Waals surface area contributed by atoms with Gasteiger partial charge < -0.3 is 0 Å². The van der Waals surface area contributed by atoms with E-state index in [0.29, 0.717) is 22.1 Å². The maximum atomic E-state index is 13.9. The smallest absolute Gasteiger partial charge is 0.285 e. The topological polar surface area (TPSA) is 60.1 Å². The normalized spacial score (nSPS) is 13.4. The van der Waals surface area contributed by atoms with Crippen LogP contribution in [0.1, 0.15) is 11.4 Å². The van der Waals surface area contributed by atoms with Crippen LogP contribution >= 0.6 is 11.6 Å². The molecule has 1 aromatic heterocycles. The second-order valence-corrected chi connectivity index (χ2v) is 6.06. The Balaban J connectivity index is 1.73. The van der Waals surface area contributed by atoms with Gasteiger partial charge in [0.1, 0.15) is 5.82 Å². The molecule has 0 unspecified atom stereocenters. The monoisotopic (exact) mass is 358 g/mol. The predicted octanol–water partition coefficient (Wildman–Crippen LogP) is 2.87. The lowest BCUT2D eigenvalue weighted by Crippen LogP contribution is -2.34. The highest BCUT2D eigenvalue weighted by Crippen LogP contribution is 2.25. The highest BCUT2D eigenvalue weighted by molar-refractivity contribution is 6.30. The second-order valence-electron chi connectivity index (χ2n) is 5.62. The van der Waals surface area contributed by atoms with Gasteiger partial charge in [0.15, 0.2) is 5.82 Å². The van der Waals surface area contributed by atoms with Crippen LogP contribution in [0.3, 0.4) is 0 Å². The number of hydrogen-bond donors (Lipinski definition) is 0. The Morgan fingerprint density at radius 3 is 2.68 bits per heavy atom. The number of hydrogen-bond acceptors (Lipinski definition) is 3. The van der Waals surface area contributed by atoms with Crippen molar-refractivity contribution in [2.45, 2.75) is 13.1 Å². The third kappa shape index (κ3) is 2.62. The molecule has 0 spiro atoms. The summed E-state index contributed by atoms with van der Waals surface area (Å²) in [6.45, 7) is 0.0757. The zero-order valence-corrected chi connectivity index (χ0v) is 13.7. The molecule has 0 N–H and O–H groups in total. The van der Waals surface area contributed by atoms with Crippen LogP contribution in [0.25, 0.3) is 0 Å². The lowest BCUT2D eigenvalue weighted by atomic mass is 10.2. The highest BCUT2D eigenvalue weighted by Gasteiger charge is 2.33. The van der Waals surface area contributed by atoms with Gasteiger partial charge in [0.2, 0.25) is 0 Å². The van der Waals surface area contributed by atoms with Gasteiger partial charge in [-0.05, 0) is 24.3 Å². The molecule has 0 atom stereocenters. The minimum Gasteiger partial charge on any atom is -0.285 e. The van der Waals surface area contributed by atoms with Gasteiger partial charge in [-0.1, -0.05) is 35.9 Å². The molecular weight excluding hydrogens is 347 g/mol. The van der Waals surface area contributed by atoms with Crippen LogP contribution in [0.2, 0.25) is 5.02 Å². The third-order valence-corrected chi connectivity index (χ3v) is 4.28. The zero-order valence-electron chi connectivity index (χ0n) is 12.9. The van der Waals surface area contributed by atoms with Crippen LogP contribution in [-0.4, -0.2) is 20.4 Å². The fourth-order valence-electron chi connectivity index (χ4n) is 2.85. The van der Waals surface area contributed by atoms with Gasteiger partial charge in [0.25, 0.3) is 0 Å². The van der Waals surface area contributed by atoms with Crippen molar-refractivity contribution in [3.05, 3.63) is 81.2 Å². The molecule has 2 heterocycles. The van der Waals surface area contributed by atoms with E-state index >= 15 is 0 Å². The largest absolute Gasteiger partial charge is 0.364 e. The molecule has 0 bridgehead atoms. The summed E-state index contributed by atoms with van der Waals surface area (Å²) in [7, 11) is 0. The molecule has 1 aliphatic rings. The molecule has 4 rings (SSSR count). The quantitative estimate of drug-likeness (QED) is 0.723. The average Bonchev–Trinajstić information content (AvgIpc) is 3.06. The second kappa shape index (κ2) is 5.86. The Labute approximate surface area is 146 Å². The summed E-state index contributed by atoms with van der Waals surface area (Å²) in [5.74, 6) is -0.131. The number of rotatable bonds is 3. The van der Waals surface area contributed by atoms with Crippen molar-refractivity contribution in [3.63, 3.8) is 0 Å². The van der Waals surface area contributed by atoms with E-state index in [2.05, 4.69) is 4.98 Å². The fraction of sp³-hybridized carbons (Fsp3) is 0.118. The lowest BCUT2D eigenvalue weighted by Gasteiger charge is -2.16. The van der Waals surface area contributed by atoms with E-state index in [1.807, 2.05) is 0 Å². The van der Waals surface area contributed by atoms with E-state index < -0.39 is 17.5 Å². The van der Waals surface area contributed by atoms with Crippen LogP contribution in [0.5, 0.6) is 0 Å². The number of aromatic nitrogens is 3. The summed E-state index contributed by atoms with van der Waals surface area (Å²) in [6.07, 6.45) is 0. The summed E-state index contributed by atoms with van der Waals surface area (Å²) in [5, 5.41) is 0.499. The minimum absolute atomic E-state index is 0.0758. The number of fused-ring (bicyclic) bond motifs is 1. The van der Waals surface area contributed by atoms with E-state index in [4.69, 9.17) is 11.6 Å². The van der Waals surface area contributed by atoms with Gasteiger partial charge in [-0.2, -0.15) is 9.67 Å². The molecule has 0 saturated carbocycles. The first-order chi connectivity index (χ1) is 12.0. The molecule has 6 nitrogen and oxygen atoms in total. The average molecular weight is 359 g/mol. The van der Waals surface area contributed by atoms with Gasteiger partial charge >= 0.3 is 11.7 Å². The Kier molecular flexibility index (Phi) is 3.65. The molecule has 1 amide bonds. The number of amides is 1. The summed E-state index contributed by atoms with van der Waals surface area (Å²) < 4.78 is 16.2. The number of anilines is 1. The van der Waals surface area contributed by atoms with Crippen molar-refractivity contribution in [2.24, 2.45) is 0 Å². The predicted molar refractivity (Wildman–Crippen MR) is 90.4 cm³/mol. The summed E-state index contributed by atoms with van der Waals surface area (Å²) in [5.41, 5.74) is 0.326. The van der Waals surface area contributed by atoms with E-state index in [0.717, 1.165) is 4.68 Å². The molecule has 0 saturated heterocycles. The maximum absolute atomic E-state index is 13.9. The first-order valence-corrected chi connectivity index (χ1v) is 7.92. The Bertz CT molecular complexity index is 1040. The highest BCUT2D eigenvalue weighted by atomic mass is 35.5. The van der Waals surface area contributed by atoms with E-state index in [1.165, 1.54) is 15.6 Å². The van der Waals surface area contributed by atoms with Gasteiger partial charge in [-0.3, -0.25) is 4.90 Å². The lowest BCUT2D eigenvalue weighted by molar-refractivity contribution is 0.244. The molecule has 0 fully saturated rings. The van der Waals surface area contributed by atoms with Crippen molar-refractivity contribution in [1.29, 1.82) is 0 Å². The van der Waals surface area contributed by atoms with E-state index in [9.17, 15) is 14.0 Å². The number of carbonyl (C=O) groups excluding carboxylic acids is 1. The molecule has 0 aliphatic carbocycles. The van der Waals surface area contributed by atoms with Crippen LogP contribution in [0.15, 0.2) is 53.3 Å². The van der Waals surface area contributed by atoms with Crippen LogP contribution in [0.4, 0.5) is 14.9 Å². The van der Waals surface area contributed by atoms with Crippen molar-refractivity contribution in [3.8, 4) is 0 Å². The summed E-state index contributed by atoms with van der Waals surface area (Å²) >= 11 is 5.98. The van der Waals surface area contributed by atoms with Gasteiger partial charge in [-0.15, -0.1) is 0 Å². The molecule has 3 aromatic rings.